The van der Waals surface area contributed by atoms with E-state index in [0.717, 1.165) is 24.8 Å². The van der Waals surface area contributed by atoms with E-state index in [1.54, 1.807) is 6.07 Å². The van der Waals surface area contributed by atoms with Crippen molar-refractivity contribution in [1.82, 2.24) is 15.6 Å². The summed E-state index contributed by atoms with van der Waals surface area (Å²) in [5.41, 5.74) is 2.19. The molecule has 1 aromatic heterocycles. The van der Waals surface area contributed by atoms with Crippen LogP contribution in [0, 0.1) is 23.7 Å². The standard InChI is InChI=1S/C16H17N3O4/c20-15(13-9-2-3-10(6-9)14(13)16(21)22)17-7-8-1-4-11-12(5-8)19-23-18-11/h1,4-5,9-10,13-14H,2-3,6-7H2,(H,17,20)(H,21,22)/t9-,10+,13-,14+/m1/s1. The van der Waals surface area contributed by atoms with Gasteiger partial charge in [0.1, 0.15) is 11.0 Å². The van der Waals surface area contributed by atoms with Crippen LogP contribution in [0.3, 0.4) is 0 Å². The molecular weight excluding hydrogens is 298 g/mol. The molecule has 2 aromatic rings. The molecule has 23 heavy (non-hydrogen) atoms. The molecule has 2 fully saturated rings. The highest BCUT2D eigenvalue weighted by Crippen LogP contribution is 2.52. The molecule has 0 aliphatic heterocycles. The van der Waals surface area contributed by atoms with Gasteiger partial charge in [-0.2, -0.15) is 0 Å². The SMILES string of the molecule is O=C(NCc1ccc2nonc2c1)[C@@H]1[C@@H]2CC[C@@H](C2)[C@@H]1C(=O)O. The number of carboxylic acids is 1. The van der Waals surface area contributed by atoms with E-state index in [1.807, 2.05) is 12.1 Å². The van der Waals surface area contributed by atoms with Gasteiger partial charge in [-0.3, -0.25) is 9.59 Å². The minimum atomic E-state index is -0.840. The lowest BCUT2D eigenvalue weighted by molar-refractivity contribution is -0.149. The van der Waals surface area contributed by atoms with Gasteiger partial charge in [0.05, 0.1) is 11.8 Å². The number of nitrogens with one attached hydrogen (secondary N) is 1. The predicted octanol–water partition coefficient (Wildman–Crippen LogP) is 1.59. The van der Waals surface area contributed by atoms with Crippen molar-refractivity contribution in [2.45, 2.75) is 25.8 Å². The van der Waals surface area contributed by atoms with Crippen molar-refractivity contribution in [1.29, 1.82) is 0 Å². The van der Waals surface area contributed by atoms with Crippen LogP contribution in [0.5, 0.6) is 0 Å². The lowest BCUT2D eigenvalue weighted by Crippen LogP contribution is -2.41. The third-order valence-corrected chi connectivity index (χ3v) is 5.29. The monoisotopic (exact) mass is 315 g/mol. The molecule has 7 nitrogen and oxygen atoms in total. The van der Waals surface area contributed by atoms with Crippen molar-refractivity contribution >= 4 is 22.9 Å². The van der Waals surface area contributed by atoms with Crippen LogP contribution in [0.2, 0.25) is 0 Å². The van der Waals surface area contributed by atoms with Gasteiger partial charge in [-0.1, -0.05) is 6.07 Å². The first kappa shape index (κ1) is 14.2. The number of carbonyl (C=O) groups is 2. The van der Waals surface area contributed by atoms with Gasteiger partial charge in [-0.25, -0.2) is 4.63 Å². The molecule has 2 N–H and O–H groups in total. The Morgan fingerprint density at radius 1 is 1.17 bits per heavy atom. The van der Waals surface area contributed by atoms with Crippen molar-refractivity contribution in [3.8, 4) is 0 Å². The Morgan fingerprint density at radius 2 is 1.91 bits per heavy atom. The van der Waals surface area contributed by atoms with Crippen LogP contribution in [-0.4, -0.2) is 27.3 Å². The van der Waals surface area contributed by atoms with Gasteiger partial charge in [0.25, 0.3) is 0 Å². The predicted molar refractivity (Wildman–Crippen MR) is 79.1 cm³/mol. The third-order valence-electron chi connectivity index (χ3n) is 5.29. The van der Waals surface area contributed by atoms with Gasteiger partial charge in [0.15, 0.2) is 0 Å². The molecule has 4 rings (SSSR count). The number of rotatable bonds is 4. The minimum absolute atomic E-state index is 0.150. The second-order valence-corrected chi connectivity index (χ2v) is 6.53. The molecule has 4 atom stereocenters. The van der Waals surface area contributed by atoms with E-state index >= 15 is 0 Å². The molecule has 0 radical (unpaired) electrons. The van der Waals surface area contributed by atoms with E-state index < -0.39 is 17.8 Å². The Kier molecular flexibility index (Phi) is 3.28. The Balaban J connectivity index is 1.46. The summed E-state index contributed by atoms with van der Waals surface area (Å²) in [6.07, 6.45) is 2.76. The van der Waals surface area contributed by atoms with Crippen LogP contribution >= 0.6 is 0 Å². The number of carbonyl (C=O) groups excluding carboxylic acids is 1. The van der Waals surface area contributed by atoms with E-state index in [1.165, 1.54) is 0 Å². The molecule has 0 saturated heterocycles. The summed E-state index contributed by atoms with van der Waals surface area (Å²) in [6.45, 7) is 0.349. The lowest BCUT2D eigenvalue weighted by atomic mass is 9.78. The number of carboxylic acid groups (broad SMARTS) is 1. The molecule has 0 unspecified atom stereocenters. The van der Waals surface area contributed by atoms with Crippen molar-refractivity contribution in [2.75, 3.05) is 0 Å². The van der Waals surface area contributed by atoms with Crippen molar-refractivity contribution in [3.63, 3.8) is 0 Å². The topological polar surface area (TPSA) is 105 Å². The summed E-state index contributed by atoms with van der Waals surface area (Å²) in [6, 6.07) is 5.44. The largest absolute Gasteiger partial charge is 0.481 e. The van der Waals surface area contributed by atoms with Gasteiger partial charge in [-0.05, 0) is 59.1 Å². The average molecular weight is 315 g/mol. The Hall–Kier alpha value is -2.44. The average Bonchev–Trinajstić information content (AvgIpc) is 3.25. The number of aromatic nitrogens is 2. The first-order valence-electron chi connectivity index (χ1n) is 7.85. The Morgan fingerprint density at radius 3 is 2.70 bits per heavy atom. The highest BCUT2D eigenvalue weighted by Gasteiger charge is 2.53. The number of fused-ring (bicyclic) bond motifs is 3. The second-order valence-electron chi connectivity index (χ2n) is 6.53. The summed E-state index contributed by atoms with van der Waals surface area (Å²) >= 11 is 0. The Labute approximate surface area is 132 Å². The fraction of sp³-hybridized carbons (Fsp3) is 0.500. The molecule has 120 valence electrons. The van der Waals surface area contributed by atoms with Crippen molar-refractivity contribution in [3.05, 3.63) is 23.8 Å². The maximum Gasteiger partial charge on any atom is 0.307 e. The summed E-state index contributed by atoms with van der Waals surface area (Å²) in [5, 5.41) is 19.8. The Bertz CT molecular complexity index is 772. The number of nitrogens with zero attached hydrogens (tertiary/aromatic N) is 2. The van der Waals surface area contributed by atoms with Gasteiger partial charge in [0, 0.05) is 6.54 Å². The van der Waals surface area contributed by atoms with Gasteiger partial charge in [0.2, 0.25) is 5.91 Å². The van der Waals surface area contributed by atoms with Gasteiger partial charge in [-0.15, -0.1) is 0 Å². The zero-order valence-electron chi connectivity index (χ0n) is 12.4. The highest BCUT2D eigenvalue weighted by atomic mass is 16.6. The number of amides is 1. The number of hydrogen-bond donors (Lipinski definition) is 2. The molecule has 1 heterocycles. The summed E-state index contributed by atoms with van der Waals surface area (Å²) in [4.78, 5) is 24.0. The quantitative estimate of drug-likeness (QED) is 0.887. The van der Waals surface area contributed by atoms with Gasteiger partial charge < -0.3 is 10.4 Å². The zero-order chi connectivity index (χ0) is 16.0. The van der Waals surface area contributed by atoms with Crippen LogP contribution in [0.15, 0.2) is 22.8 Å². The smallest absolute Gasteiger partial charge is 0.307 e. The summed E-state index contributed by atoms with van der Waals surface area (Å²) in [5.74, 6) is -1.55. The lowest BCUT2D eigenvalue weighted by Gasteiger charge is -2.27. The molecule has 0 spiro atoms. The number of benzene rings is 1. The molecule has 2 aliphatic carbocycles. The molecule has 1 amide bonds. The number of hydrogen-bond acceptors (Lipinski definition) is 5. The van der Waals surface area contributed by atoms with Crippen LogP contribution in [-0.2, 0) is 16.1 Å². The highest BCUT2D eigenvalue weighted by molar-refractivity contribution is 5.86. The van der Waals surface area contributed by atoms with Crippen LogP contribution in [0.1, 0.15) is 24.8 Å². The number of aliphatic carboxylic acids is 1. The van der Waals surface area contributed by atoms with Crippen LogP contribution < -0.4 is 5.32 Å². The minimum Gasteiger partial charge on any atom is -0.481 e. The normalized spacial score (nSPS) is 29.0. The molecule has 7 heteroatoms. The van der Waals surface area contributed by atoms with Crippen molar-refractivity contribution < 1.29 is 19.3 Å². The van der Waals surface area contributed by atoms with E-state index in [-0.39, 0.29) is 17.7 Å². The third kappa shape index (κ3) is 2.36. The zero-order valence-corrected chi connectivity index (χ0v) is 12.4. The van der Waals surface area contributed by atoms with E-state index in [2.05, 4.69) is 20.3 Å². The molecular formula is C16H17N3O4. The maximum atomic E-state index is 12.5. The fourth-order valence-corrected chi connectivity index (χ4v) is 4.27. The summed E-state index contributed by atoms with van der Waals surface area (Å²) in [7, 11) is 0. The van der Waals surface area contributed by atoms with Crippen LogP contribution in [0.4, 0.5) is 0 Å². The van der Waals surface area contributed by atoms with Crippen molar-refractivity contribution in [2.24, 2.45) is 23.7 Å². The second kappa shape index (κ2) is 5.33. The first-order valence-corrected chi connectivity index (χ1v) is 7.85. The van der Waals surface area contributed by atoms with Crippen LogP contribution in [0.25, 0.3) is 11.0 Å². The molecule has 1 aromatic carbocycles. The molecule has 2 bridgehead atoms. The molecule has 2 saturated carbocycles. The fourth-order valence-electron chi connectivity index (χ4n) is 4.27. The molecule has 2 aliphatic rings. The summed E-state index contributed by atoms with van der Waals surface area (Å²) < 4.78 is 4.65. The van der Waals surface area contributed by atoms with Gasteiger partial charge >= 0.3 is 5.97 Å². The van der Waals surface area contributed by atoms with E-state index in [0.29, 0.717) is 17.6 Å². The maximum absolute atomic E-state index is 12.5. The first-order chi connectivity index (χ1) is 11.1. The van der Waals surface area contributed by atoms with E-state index in [4.69, 9.17) is 0 Å². The van der Waals surface area contributed by atoms with E-state index in [9.17, 15) is 14.7 Å².